The largest absolute Gasteiger partial charge is 0.303 e. The molecule has 1 nitrogen and oxygen atoms in total. The number of hydrogen-bond donors (Lipinski definition) is 0. The fourth-order valence-corrected chi connectivity index (χ4v) is 1.78. The summed E-state index contributed by atoms with van der Waals surface area (Å²) in [5.74, 6) is 0.227. The molecule has 0 N–H and O–H groups in total. The number of carbonyl (C=O) groups is 1. The van der Waals surface area contributed by atoms with Gasteiger partial charge < -0.3 is 4.79 Å². The topological polar surface area (TPSA) is 17.1 Å². The summed E-state index contributed by atoms with van der Waals surface area (Å²) in [5, 5.41) is 0. The highest BCUT2D eigenvalue weighted by molar-refractivity contribution is 5.53. The SMILES string of the molecule is CCCCC/C=C/C/C=C/CC(C=O)CCC. The molecule has 0 aliphatic carbocycles. The monoisotopic (exact) mass is 236 g/mol. The van der Waals surface area contributed by atoms with E-state index in [1.54, 1.807) is 0 Å². The van der Waals surface area contributed by atoms with Crippen molar-refractivity contribution >= 4 is 6.29 Å². The first-order chi connectivity index (χ1) is 8.35. The summed E-state index contributed by atoms with van der Waals surface area (Å²) in [6, 6.07) is 0. The van der Waals surface area contributed by atoms with E-state index in [9.17, 15) is 4.79 Å². The van der Waals surface area contributed by atoms with Crippen LogP contribution >= 0.6 is 0 Å². The zero-order valence-corrected chi connectivity index (χ0v) is 11.5. The van der Waals surface area contributed by atoms with Gasteiger partial charge in [-0.3, -0.25) is 0 Å². The molecule has 0 radical (unpaired) electrons. The number of unbranched alkanes of at least 4 members (excludes halogenated alkanes) is 3. The Kier molecular flexibility index (Phi) is 12.6. The van der Waals surface area contributed by atoms with Gasteiger partial charge in [-0.1, -0.05) is 57.4 Å². The van der Waals surface area contributed by atoms with Crippen molar-refractivity contribution in [1.29, 1.82) is 0 Å². The lowest BCUT2D eigenvalue weighted by Crippen LogP contribution is -1.98. The van der Waals surface area contributed by atoms with E-state index in [2.05, 4.69) is 38.2 Å². The molecule has 17 heavy (non-hydrogen) atoms. The summed E-state index contributed by atoms with van der Waals surface area (Å²) in [5.41, 5.74) is 0. The molecule has 0 aromatic rings. The molecule has 0 saturated carbocycles. The van der Waals surface area contributed by atoms with Gasteiger partial charge in [0.15, 0.2) is 0 Å². The highest BCUT2D eigenvalue weighted by atomic mass is 16.1. The minimum Gasteiger partial charge on any atom is -0.303 e. The van der Waals surface area contributed by atoms with Crippen molar-refractivity contribution in [2.45, 2.75) is 65.2 Å². The minimum atomic E-state index is 0.227. The third-order valence-corrected chi connectivity index (χ3v) is 2.87. The van der Waals surface area contributed by atoms with Crippen molar-refractivity contribution in [2.24, 2.45) is 5.92 Å². The molecular weight excluding hydrogens is 208 g/mol. The summed E-state index contributed by atoms with van der Waals surface area (Å²) < 4.78 is 0. The summed E-state index contributed by atoms with van der Waals surface area (Å²) in [4.78, 5) is 10.7. The summed E-state index contributed by atoms with van der Waals surface area (Å²) in [6.07, 6.45) is 19.0. The standard InChI is InChI=1S/C16H28O/c1-3-5-6-7-8-9-10-11-12-14-16(15-17)13-4-2/h8-9,11-12,15-16H,3-7,10,13-14H2,1-2H3/b9-8+,12-11+. The van der Waals surface area contributed by atoms with Crippen LogP contribution in [0.15, 0.2) is 24.3 Å². The van der Waals surface area contributed by atoms with Crippen molar-refractivity contribution in [3.63, 3.8) is 0 Å². The highest BCUT2D eigenvalue weighted by Crippen LogP contribution is 2.09. The Hall–Kier alpha value is -0.850. The maximum absolute atomic E-state index is 10.7. The van der Waals surface area contributed by atoms with Gasteiger partial charge in [-0.15, -0.1) is 0 Å². The van der Waals surface area contributed by atoms with Gasteiger partial charge in [-0.05, 0) is 32.1 Å². The lowest BCUT2D eigenvalue weighted by molar-refractivity contribution is -0.111. The van der Waals surface area contributed by atoms with Crippen LogP contribution in [0.5, 0.6) is 0 Å². The van der Waals surface area contributed by atoms with Crippen LogP contribution < -0.4 is 0 Å². The number of carbonyl (C=O) groups excluding carboxylic acids is 1. The average molecular weight is 236 g/mol. The molecule has 0 fully saturated rings. The third kappa shape index (κ3) is 11.4. The van der Waals surface area contributed by atoms with E-state index in [0.717, 1.165) is 32.0 Å². The Bertz CT molecular complexity index is 216. The third-order valence-electron chi connectivity index (χ3n) is 2.87. The van der Waals surface area contributed by atoms with E-state index in [1.807, 2.05) is 0 Å². The van der Waals surface area contributed by atoms with Crippen LogP contribution in [-0.2, 0) is 4.79 Å². The predicted molar refractivity (Wildman–Crippen MR) is 76.1 cm³/mol. The second-order valence-corrected chi connectivity index (χ2v) is 4.59. The van der Waals surface area contributed by atoms with Crippen LogP contribution in [-0.4, -0.2) is 6.29 Å². The summed E-state index contributed by atoms with van der Waals surface area (Å²) >= 11 is 0. The van der Waals surface area contributed by atoms with E-state index in [4.69, 9.17) is 0 Å². The number of aldehydes is 1. The van der Waals surface area contributed by atoms with Crippen LogP contribution in [0, 0.1) is 5.92 Å². The molecule has 0 spiro atoms. The first-order valence-electron chi connectivity index (χ1n) is 7.10. The van der Waals surface area contributed by atoms with Gasteiger partial charge in [0.1, 0.15) is 6.29 Å². The predicted octanol–water partition coefficient (Wildman–Crippen LogP) is 5.07. The molecule has 0 aliphatic rings. The minimum absolute atomic E-state index is 0.227. The second-order valence-electron chi connectivity index (χ2n) is 4.59. The van der Waals surface area contributed by atoms with E-state index >= 15 is 0 Å². The summed E-state index contributed by atoms with van der Waals surface area (Å²) in [7, 11) is 0. The highest BCUT2D eigenvalue weighted by Gasteiger charge is 2.01. The maximum atomic E-state index is 10.7. The van der Waals surface area contributed by atoms with E-state index in [-0.39, 0.29) is 5.92 Å². The molecule has 1 heteroatoms. The number of allylic oxidation sites excluding steroid dienone is 4. The smallest absolute Gasteiger partial charge is 0.123 e. The lowest BCUT2D eigenvalue weighted by atomic mass is 10.0. The Morgan fingerprint density at radius 3 is 2.35 bits per heavy atom. The van der Waals surface area contributed by atoms with Gasteiger partial charge in [0.2, 0.25) is 0 Å². The summed E-state index contributed by atoms with van der Waals surface area (Å²) in [6.45, 7) is 4.35. The molecule has 98 valence electrons. The quantitative estimate of drug-likeness (QED) is 0.278. The molecule has 1 atom stereocenters. The van der Waals surface area contributed by atoms with Crippen LogP contribution in [0.3, 0.4) is 0 Å². The van der Waals surface area contributed by atoms with Gasteiger partial charge >= 0.3 is 0 Å². The van der Waals surface area contributed by atoms with E-state index in [1.165, 1.54) is 25.7 Å². The van der Waals surface area contributed by atoms with Crippen LogP contribution in [0.2, 0.25) is 0 Å². The van der Waals surface area contributed by atoms with Crippen molar-refractivity contribution in [1.82, 2.24) is 0 Å². The molecule has 0 aromatic heterocycles. The van der Waals surface area contributed by atoms with Crippen molar-refractivity contribution in [3.05, 3.63) is 24.3 Å². The van der Waals surface area contributed by atoms with Gasteiger partial charge in [0, 0.05) is 5.92 Å². The van der Waals surface area contributed by atoms with Gasteiger partial charge in [0.05, 0.1) is 0 Å². The van der Waals surface area contributed by atoms with Crippen LogP contribution in [0.25, 0.3) is 0 Å². The average Bonchev–Trinajstić information content (AvgIpc) is 2.35. The number of hydrogen-bond acceptors (Lipinski definition) is 1. The zero-order valence-electron chi connectivity index (χ0n) is 11.5. The zero-order chi connectivity index (χ0) is 12.8. The molecule has 0 heterocycles. The van der Waals surface area contributed by atoms with Crippen LogP contribution in [0.4, 0.5) is 0 Å². The molecule has 0 aliphatic heterocycles. The van der Waals surface area contributed by atoms with Crippen molar-refractivity contribution in [3.8, 4) is 0 Å². The molecule has 0 amide bonds. The molecule has 0 aromatic carbocycles. The van der Waals surface area contributed by atoms with Crippen molar-refractivity contribution < 1.29 is 4.79 Å². The first-order valence-corrected chi connectivity index (χ1v) is 7.10. The molecule has 0 rings (SSSR count). The molecular formula is C16H28O. The maximum Gasteiger partial charge on any atom is 0.123 e. The fraction of sp³-hybridized carbons (Fsp3) is 0.688. The molecule has 0 saturated heterocycles. The van der Waals surface area contributed by atoms with Crippen LogP contribution in [0.1, 0.15) is 65.2 Å². The van der Waals surface area contributed by atoms with E-state index < -0.39 is 0 Å². The Balaban J connectivity index is 3.49. The van der Waals surface area contributed by atoms with Gasteiger partial charge in [0.25, 0.3) is 0 Å². The van der Waals surface area contributed by atoms with Gasteiger partial charge in [-0.25, -0.2) is 0 Å². The Morgan fingerprint density at radius 1 is 0.941 bits per heavy atom. The first kappa shape index (κ1) is 16.1. The normalized spacial score (nSPS) is 13.5. The fourth-order valence-electron chi connectivity index (χ4n) is 1.78. The van der Waals surface area contributed by atoms with E-state index in [0.29, 0.717) is 0 Å². The lowest BCUT2D eigenvalue weighted by Gasteiger charge is -2.03. The second kappa shape index (κ2) is 13.2. The molecule has 1 unspecified atom stereocenters. The Morgan fingerprint density at radius 2 is 1.71 bits per heavy atom. The van der Waals surface area contributed by atoms with Crippen molar-refractivity contribution in [2.75, 3.05) is 0 Å². The number of rotatable bonds is 11. The molecule has 0 bridgehead atoms. The van der Waals surface area contributed by atoms with Gasteiger partial charge in [-0.2, -0.15) is 0 Å². The Labute approximate surface area is 107 Å².